The molecule has 3 heteroatoms. The van der Waals surface area contributed by atoms with E-state index >= 15 is 0 Å². The Balaban J connectivity index is 2.06. The van der Waals surface area contributed by atoms with Crippen LogP contribution in [-0.4, -0.2) is 9.55 Å². The Morgan fingerprint density at radius 2 is 2.00 bits per heavy atom. The summed E-state index contributed by atoms with van der Waals surface area (Å²) in [5, 5.41) is 0. The summed E-state index contributed by atoms with van der Waals surface area (Å²) in [6.07, 6.45) is 5.26. The molecule has 96 valence electrons. The second kappa shape index (κ2) is 6.01. The predicted molar refractivity (Wildman–Crippen MR) is 78.5 cm³/mol. The number of hydrogen-bond donors (Lipinski definition) is 1. The van der Waals surface area contributed by atoms with Gasteiger partial charge in [-0.25, -0.2) is 0 Å². The quantitative estimate of drug-likeness (QED) is 0.795. The van der Waals surface area contributed by atoms with Crippen molar-refractivity contribution >= 4 is 12.2 Å². The van der Waals surface area contributed by atoms with Crippen LogP contribution in [0.3, 0.4) is 0 Å². The van der Waals surface area contributed by atoms with Crippen LogP contribution in [0.5, 0.6) is 0 Å². The highest BCUT2D eigenvalue weighted by Crippen LogP contribution is 2.18. The van der Waals surface area contributed by atoms with Crippen LogP contribution in [0.15, 0.2) is 36.5 Å². The molecule has 0 aliphatic carbocycles. The van der Waals surface area contributed by atoms with E-state index in [0.29, 0.717) is 6.04 Å². The molecule has 0 bridgehead atoms. The average Bonchev–Trinajstić information content (AvgIpc) is 2.78. The average molecular weight is 260 g/mol. The zero-order valence-corrected chi connectivity index (χ0v) is 11.8. The van der Waals surface area contributed by atoms with Crippen molar-refractivity contribution in [3.8, 4) is 0 Å². The first kappa shape index (κ1) is 13.1. The summed E-state index contributed by atoms with van der Waals surface area (Å²) in [5.74, 6) is 0. The largest absolute Gasteiger partial charge is 0.337 e. The van der Waals surface area contributed by atoms with Crippen molar-refractivity contribution in [3.63, 3.8) is 0 Å². The summed E-state index contributed by atoms with van der Waals surface area (Å²) in [5.41, 5.74) is 2.69. The minimum absolute atomic E-state index is 0.443. The lowest BCUT2D eigenvalue weighted by Crippen LogP contribution is -2.09. The van der Waals surface area contributed by atoms with Crippen molar-refractivity contribution in [1.82, 2.24) is 9.55 Å². The lowest BCUT2D eigenvalue weighted by atomic mass is 10.1. The highest BCUT2D eigenvalue weighted by molar-refractivity contribution is 7.71. The lowest BCUT2D eigenvalue weighted by molar-refractivity contribution is 0.487. The molecular formula is C15H20N2S. The molecule has 0 amide bonds. The number of imidazole rings is 1. The lowest BCUT2D eigenvalue weighted by Gasteiger charge is -2.16. The van der Waals surface area contributed by atoms with Gasteiger partial charge in [0.05, 0.1) is 0 Å². The number of nitrogens with zero attached hydrogens (tertiary/aromatic N) is 1. The molecule has 1 atom stereocenters. The number of aromatic nitrogens is 2. The molecule has 1 aromatic heterocycles. The third-order valence-corrected chi connectivity index (χ3v) is 3.70. The Bertz CT molecular complexity index is 539. The fourth-order valence-electron chi connectivity index (χ4n) is 2.32. The Kier molecular flexibility index (Phi) is 4.37. The fourth-order valence-corrected chi connectivity index (χ4v) is 2.68. The van der Waals surface area contributed by atoms with Gasteiger partial charge in [-0.1, -0.05) is 37.3 Å². The number of nitrogens with one attached hydrogen (secondary N) is 1. The molecule has 0 spiro atoms. The van der Waals surface area contributed by atoms with E-state index in [1.54, 1.807) is 0 Å². The van der Waals surface area contributed by atoms with Gasteiger partial charge in [0.1, 0.15) is 0 Å². The molecule has 2 aromatic rings. The summed E-state index contributed by atoms with van der Waals surface area (Å²) in [4.78, 5) is 3.15. The molecule has 0 saturated heterocycles. The highest BCUT2D eigenvalue weighted by Gasteiger charge is 2.10. The van der Waals surface area contributed by atoms with Gasteiger partial charge >= 0.3 is 0 Å². The minimum Gasteiger partial charge on any atom is -0.337 e. The number of H-pyrrole nitrogens is 1. The fraction of sp³-hybridized carbons (Fsp3) is 0.400. The Hall–Kier alpha value is -1.35. The molecule has 0 radical (unpaired) electrons. The molecular weight excluding hydrogens is 240 g/mol. The first-order valence-corrected chi connectivity index (χ1v) is 6.96. The summed E-state index contributed by atoms with van der Waals surface area (Å²) in [6, 6.07) is 11.1. The Morgan fingerprint density at radius 1 is 1.28 bits per heavy atom. The van der Waals surface area contributed by atoms with E-state index < -0.39 is 0 Å². The van der Waals surface area contributed by atoms with Crippen molar-refractivity contribution in [3.05, 3.63) is 52.6 Å². The third kappa shape index (κ3) is 2.91. The molecule has 2 nitrogen and oxygen atoms in total. The third-order valence-electron chi connectivity index (χ3n) is 3.39. The van der Waals surface area contributed by atoms with Crippen LogP contribution in [-0.2, 0) is 12.8 Å². The standard InChI is InChI=1S/C15H20N2S/c1-3-14-11-16-15(18)17(14)12(2)9-10-13-7-5-4-6-8-13/h4-8,11-12H,3,9-10H2,1-2H3,(H,16,18). The zero-order valence-electron chi connectivity index (χ0n) is 11.0. The zero-order chi connectivity index (χ0) is 13.0. The van der Waals surface area contributed by atoms with Crippen LogP contribution >= 0.6 is 12.2 Å². The van der Waals surface area contributed by atoms with Crippen molar-refractivity contribution in [2.45, 2.75) is 39.2 Å². The van der Waals surface area contributed by atoms with Gasteiger partial charge in [0.2, 0.25) is 0 Å². The van der Waals surface area contributed by atoms with Crippen LogP contribution < -0.4 is 0 Å². The van der Waals surface area contributed by atoms with Gasteiger partial charge in [0, 0.05) is 17.9 Å². The Labute approximate surface area is 114 Å². The molecule has 0 aliphatic heterocycles. The SMILES string of the molecule is CCc1c[nH]c(=S)n1C(C)CCc1ccccc1. The topological polar surface area (TPSA) is 20.7 Å². The Morgan fingerprint density at radius 3 is 2.67 bits per heavy atom. The van der Waals surface area contributed by atoms with Gasteiger partial charge < -0.3 is 9.55 Å². The van der Waals surface area contributed by atoms with Crippen LogP contribution in [0.25, 0.3) is 0 Å². The molecule has 0 aliphatic rings. The van der Waals surface area contributed by atoms with Crippen LogP contribution in [0.2, 0.25) is 0 Å². The van der Waals surface area contributed by atoms with E-state index in [1.807, 2.05) is 6.20 Å². The monoisotopic (exact) mass is 260 g/mol. The van der Waals surface area contributed by atoms with E-state index in [2.05, 4.69) is 53.7 Å². The van der Waals surface area contributed by atoms with Crippen molar-refractivity contribution in [2.75, 3.05) is 0 Å². The van der Waals surface area contributed by atoms with Crippen molar-refractivity contribution in [1.29, 1.82) is 0 Å². The maximum absolute atomic E-state index is 5.35. The first-order chi connectivity index (χ1) is 8.72. The number of aryl methyl sites for hydroxylation is 2. The smallest absolute Gasteiger partial charge is 0.177 e. The van der Waals surface area contributed by atoms with E-state index in [-0.39, 0.29) is 0 Å². The van der Waals surface area contributed by atoms with Gasteiger partial charge in [-0.15, -0.1) is 0 Å². The maximum atomic E-state index is 5.35. The van der Waals surface area contributed by atoms with E-state index in [9.17, 15) is 0 Å². The van der Waals surface area contributed by atoms with Crippen LogP contribution in [0.4, 0.5) is 0 Å². The van der Waals surface area contributed by atoms with E-state index in [4.69, 9.17) is 12.2 Å². The molecule has 1 heterocycles. The summed E-state index contributed by atoms with van der Waals surface area (Å²) in [6.45, 7) is 4.41. The number of hydrogen-bond acceptors (Lipinski definition) is 1. The van der Waals surface area contributed by atoms with Crippen LogP contribution in [0.1, 0.15) is 37.6 Å². The van der Waals surface area contributed by atoms with Gasteiger partial charge in [0.25, 0.3) is 0 Å². The number of rotatable bonds is 5. The first-order valence-electron chi connectivity index (χ1n) is 6.55. The van der Waals surface area contributed by atoms with Gasteiger partial charge in [0.15, 0.2) is 4.77 Å². The molecule has 1 N–H and O–H groups in total. The van der Waals surface area contributed by atoms with Gasteiger partial charge in [-0.2, -0.15) is 0 Å². The number of benzene rings is 1. The number of aromatic amines is 1. The predicted octanol–water partition coefficient (Wildman–Crippen LogP) is 4.30. The molecule has 0 fully saturated rings. The normalized spacial score (nSPS) is 12.6. The second-order valence-electron chi connectivity index (χ2n) is 4.68. The molecule has 2 rings (SSSR count). The second-order valence-corrected chi connectivity index (χ2v) is 5.07. The van der Waals surface area contributed by atoms with Crippen molar-refractivity contribution in [2.24, 2.45) is 0 Å². The van der Waals surface area contributed by atoms with E-state index in [1.165, 1.54) is 11.3 Å². The summed E-state index contributed by atoms with van der Waals surface area (Å²) in [7, 11) is 0. The maximum Gasteiger partial charge on any atom is 0.177 e. The van der Waals surface area contributed by atoms with Crippen molar-refractivity contribution < 1.29 is 0 Å². The van der Waals surface area contributed by atoms with Gasteiger partial charge in [-0.05, 0) is 44.0 Å². The molecule has 1 unspecified atom stereocenters. The minimum atomic E-state index is 0.443. The van der Waals surface area contributed by atoms with E-state index in [0.717, 1.165) is 24.0 Å². The molecule has 18 heavy (non-hydrogen) atoms. The van der Waals surface area contributed by atoms with Gasteiger partial charge in [-0.3, -0.25) is 0 Å². The summed E-state index contributed by atoms with van der Waals surface area (Å²) >= 11 is 5.35. The molecule has 1 aromatic carbocycles. The molecule has 0 saturated carbocycles. The summed E-state index contributed by atoms with van der Waals surface area (Å²) < 4.78 is 3.09. The highest BCUT2D eigenvalue weighted by atomic mass is 32.1. The van der Waals surface area contributed by atoms with Crippen LogP contribution in [0, 0.1) is 4.77 Å².